The van der Waals surface area contributed by atoms with Crippen molar-refractivity contribution < 1.29 is 4.79 Å². The topological polar surface area (TPSA) is 20.3 Å². The molecule has 0 radical (unpaired) electrons. The highest BCUT2D eigenvalue weighted by molar-refractivity contribution is 5.84. The van der Waals surface area contributed by atoms with E-state index in [-0.39, 0.29) is 11.5 Å². The van der Waals surface area contributed by atoms with E-state index < -0.39 is 0 Å². The van der Waals surface area contributed by atoms with Gasteiger partial charge in [-0.15, -0.1) is 0 Å². The van der Waals surface area contributed by atoms with Crippen LogP contribution in [0.5, 0.6) is 0 Å². The van der Waals surface area contributed by atoms with Crippen molar-refractivity contribution in [3.8, 4) is 0 Å². The lowest BCUT2D eigenvalue weighted by Crippen LogP contribution is -2.47. The number of carbonyl (C=O) groups excluding carboxylic acids is 1. The minimum atomic E-state index is -0.381. The van der Waals surface area contributed by atoms with E-state index in [1.165, 1.54) is 16.7 Å². The minimum absolute atomic E-state index is 0.190. The molecule has 2 heteroatoms. The summed E-state index contributed by atoms with van der Waals surface area (Å²) in [5.41, 5.74) is 3.41. The quantitative estimate of drug-likeness (QED) is 0.612. The van der Waals surface area contributed by atoms with Crippen molar-refractivity contribution in [1.82, 2.24) is 4.90 Å². The predicted octanol–water partition coefficient (Wildman–Crippen LogP) is 4.89. The zero-order valence-electron chi connectivity index (χ0n) is 16.0. The van der Waals surface area contributed by atoms with Gasteiger partial charge in [-0.3, -0.25) is 9.69 Å². The molecule has 2 fully saturated rings. The van der Waals surface area contributed by atoms with Crippen LogP contribution in [0.1, 0.15) is 29.5 Å². The standard InChI is InChI=1S/C26H25NO/c28-25-17-16-20-18-27(19-24(20)25)26(21-10-4-1-5-11-21,22-12-6-2-7-13-22)23-14-8-3-9-15-23/h1-15,20,24H,16-19H2/t20-,24+/m1/s1. The van der Waals surface area contributed by atoms with Crippen LogP contribution in [0.25, 0.3) is 0 Å². The maximum Gasteiger partial charge on any atom is 0.137 e. The molecule has 0 aromatic heterocycles. The molecule has 1 aliphatic heterocycles. The molecule has 1 heterocycles. The highest BCUT2D eigenvalue weighted by Gasteiger charge is 2.50. The van der Waals surface area contributed by atoms with Gasteiger partial charge >= 0.3 is 0 Å². The fraction of sp³-hybridized carbons (Fsp3) is 0.269. The third-order valence-electron chi connectivity index (χ3n) is 6.67. The second-order valence-corrected chi connectivity index (χ2v) is 8.09. The second kappa shape index (κ2) is 7.03. The molecule has 1 aliphatic carbocycles. The predicted molar refractivity (Wildman–Crippen MR) is 112 cm³/mol. The molecule has 0 amide bonds. The Morgan fingerprint density at radius 2 is 1.14 bits per heavy atom. The molecule has 3 aromatic carbocycles. The Bertz CT molecular complexity index is 855. The number of nitrogens with zero attached hydrogens (tertiary/aromatic N) is 1. The Hall–Kier alpha value is -2.71. The molecule has 28 heavy (non-hydrogen) atoms. The largest absolute Gasteiger partial charge is 0.299 e. The highest BCUT2D eigenvalue weighted by atomic mass is 16.1. The Balaban J connectivity index is 1.75. The van der Waals surface area contributed by atoms with E-state index in [1.54, 1.807) is 0 Å². The van der Waals surface area contributed by atoms with Crippen LogP contribution in [0.2, 0.25) is 0 Å². The number of ketones is 1. The van der Waals surface area contributed by atoms with Crippen LogP contribution >= 0.6 is 0 Å². The molecule has 0 unspecified atom stereocenters. The monoisotopic (exact) mass is 367 g/mol. The smallest absolute Gasteiger partial charge is 0.137 e. The lowest BCUT2D eigenvalue weighted by atomic mass is 9.75. The molecule has 2 aliphatic rings. The van der Waals surface area contributed by atoms with Crippen molar-refractivity contribution in [2.24, 2.45) is 11.8 Å². The van der Waals surface area contributed by atoms with Gasteiger partial charge in [0.1, 0.15) is 5.78 Å². The van der Waals surface area contributed by atoms with E-state index in [0.29, 0.717) is 11.7 Å². The number of rotatable bonds is 4. The summed E-state index contributed by atoms with van der Waals surface area (Å²) in [6, 6.07) is 32.4. The summed E-state index contributed by atoms with van der Waals surface area (Å²) in [6.45, 7) is 1.80. The van der Waals surface area contributed by atoms with Gasteiger partial charge in [-0.2, -0.15) is 0 Å². The first kappa shape index (κ1) is 17.4. The van der Waals surface area contributed by atoms with Crippen molar-refractivity contribution in [3.63, 3.8) is 0 Å². The third kappa shape index (κ3) is 2.63. The zero-order valence-corrected chi connectivity index (χ0v) is 16.0. The number of fused-ring (bicyclic) bond motifs is 1. The molecule has 0 N–H and O–H groups in total. The third-order valence-corrected chi connectivity index (χ3v) is 6.67. The van der Waals surface area contributed by atoms with Gasteiger partial charge < -0.3 is 0 Å². The molecule has 1 saturated heterocycles. The summed E-state index contributed by atoms with van der Waals surface area (Å²) in [6.07, 6.45) is 1.80. The van der Waals surface area contributed by atoms with Crippen molar-refractivity contribution >= 4 is 5.78 Å². The number of benzene rings is 3. The van der Waals surface area contributed by atoms with Crippen LogP contribution in [0.3, 0.4) is 0 Å². The molecular formula is C26H25NO. The molecule has 5 rings (SSSR count). The molecule has 3 aromatic rings. The van der Waals surface area contributed by atoms with Gasteiger partial charge in [-0.25, -0.2) is 0 Å². The number of likely N-dealkylation sites (tertiary alicyclic amines) is 1. The fourth-order valence-electron chi connectivity index (χ4n) is 5.40. The average Bonchev–Trinajstić information content (AvgIpc) is 3.33. The first-order chi connectivity index (χ1) is 13.8. The normalized spacial score (nSPS) is 22.4. The van der Waals surface area contributed by atoms with Crippen LogP contribution < -0.4 is 0 Å². The Labute approximate surface area is 166 Å². The molecule has 1 saturated carbocycles. The lowest BCUT2D eigenvalue weighted by molar-refractivity contribution is -0.120. The van der Waals surface area contributed by atoms with Gasteiger partial charge in [-0.05, 0) is 29.0 Å². The van der Waals surface area contributed by atoms with Gasteiger partial charge in [0.2, 0.25) is 0 Å². The SMILES string of the molecule is O=C1CC[C@@H]2CN(C(c3ccccc3)(c3ccccc3)c3ccccc3)C[C@H]12. The molecular weight excluding hydrogens is 342 g/mol. The molecule has 0 bridgehead atoms. The van der Waals surface area contributed by atoms with Gasteiger partial charge in [-0.1, -0.05) is 91.0 Å². The molecule has 140 valence electrons. The molecule has 2 nitrogen and oxygen atoms in total. The Kier molecular flexibility index (Phi) is 4.37. The van der Waals surface area contributed by atoms with Crippen LogP contribution in [-0.4, -0.2) is 23.8 Å². The van der Waals surface area contributed by atoms with Crippen molar-refractivity contribution in [2.45, 2.75) is 18.4 Å². The van der Waals surface area contributed by atoms with Crippen molar-refractivity contribution in [3.05, 3.63) is 108 Å². The Morgan fingerprint density at radius 1 is 0.679 bits per heavy atom. The number of carbonyl (C=O) groups is 1. The minimum Gasteiger partial charge on any atom is -0.299 e. The lowest BCUT2D eigenvalue weighted by Gasteiger charge is -2.44. The van der Waals surface area contributed by atoms with E-state index in [9.17, 15) is 4.79 Å². The number of Topliss-reactive ketones (excluding diaryl/α,β-unsaturated/α-hetero) is 1. The molecule has 0 spiro atoms. The zero-order chi connectivity index (χ0) is 19.0. The van der Waals surface area contributed by atoms with Gasteiger partial charge in [0.15, 0.2) is 0 Å². The maximum atomic E-state index is 12.5. The van der Waals surface area contributed by atoms with Crippen LogP contribution in [0.4, 0.5) is 0 Å². The molecule has 2 atom stereocenters. The van der Waals surface area contributed by atoms with Gasteiger partial charge in [0.05, 0.1) is 5.54 Å². The van der Waals surface area contributed by atoms with Crippen LogP contribution in [0, 0.1) is 11.8 Å². The maximum absolute atomic E-state index is 12.5. The van der Waals surface area contributed by atoms with E-state index in [0.717, 1.165) is 25.9 Å². The summed E-state index contributed by atoms with van der Waals surface area (Å²) in [5.74, 6) is 1.13. The van der Waals surface area contributed by atoms with Crippen LogP contribution in [-0.2, 0) is 10.3 Å². The summed E-state index contributed by atoms with van der Waals surface area (Å²) in [7, 11) is 0. The van der Waals surface area contributed by atoms with Crippen LogP contribution in [0.15, 0.2) is 91.0 Å². The summed E-state index contributed by atoms with van der Waals surface area (Å²) >= 11 is 0. The number of hydrogen-bond acceptors (Lipinski definition) is 2. The van der Waals surface area contributed by atoms with Gasteiger partial charge in [0, 0.05) is 25.4 Å². The van der Waals surface area contributed by atoms with E-state index >= 15 is 0 Å². The van der Waals surface area contributed by atoms with Crippen molar-refractivity contribution in [2.75, 3.05) is 13.1 Å². The number of hydrogen-bond donors (Lipinski definition) is 0. The highest BCUT2D eigenvalue weighted by Crippen LogP contribution is 2.48. The summed E-state index contributed by atoms with van der Waals surface area (Å²) in [5, 5.41) is 0. The Morgan fingerprint density at radius 3 is 1.57 bits per heavy atom. The average molecular weight is 367 g/mol. The van der Waals surface area contributed by atoms with E-state index in [1.807, 2.05) is 0 Å². The van der Waals surface area contributed by atoms with E-state index in [2.05, 4.69) is 95.9 Å². The first-order valence-corrected chi connectivity index (χ1v) is 10.2. The van der Waals surface area contributed by atoms with Gasteiger partial charge in [0.25, 0.3) is 0 Å². The van der Waals surface area contributed by atoms with Crippen molar-refractivity contribution in [1.29, 1.82) is 0 Å². The summed E-state index contributed by atoms with van der Waals surface area (Å²) in [4.78, 5) is 15.1. The van der Waals surface area contributed by atoms with E-state index in [4.69, 9.17) is 0 Å². The fourth-order valence-corrected chi connectivity index (χ4v) is 5.40. The first-order valence-electron chi connectivity index (χ1n) is 10.2. The second-order valence-electron chi connectivity index (χ2n) is 8.09. The summed E-state index contributed by atoms with van der Waals surface area (Å²) < 4.78 is 0.